The highest BCUT2D eigenvalue weighted by molar-refractivity contribution is 5.36. The van der Waals surface area contributed by atoms with Crippen molar-refractivity contribution in [1.82, 2.24) is 4.90 Å². The predicted octanol–water partition coefficient (Wildman–Crippen LogP) is 4.75. The molecular formula is C18H27N. The Hall–Kier alpha value is -0.820. The summed E-state index contributed by atoms with van der Waals surface area (Å²) in [5.41, 5.74) is 3.52. The summed E-state index contributed by atoms with van der Waals surface area (Å²) in [7, 11) is 0. The lowest BCUT2D eigenvalue weighted by molar-refractivity contribution is 0.109. The first-order valence-corrected chi connectivity index (χ1v) is 7.84. The normalized spacial score (nSPS) is 28.8. The highest BCUT2D eigenvalue weighted by Crippen LogP contribution is 2.48. The molecule has 0 amide bonds. The van der Waals surface area contributed by atoms with Crippen LogP contribution in [0.5, 0.6) is 0 Å². The zero-order valence-electron chi connectivity index (χ0n) is 12.8. The second kappa shape index (κ2) is 4.63. The molecule has 1 heterocycles. The van der Waals surface area contributed by atoms with E-state index in [-0.39, 0.29) is 5.54 Å². The van der Waals surface area contributed by atoms with Gasteiger partial charge >= 0.3 is 0 Å². The Morgan fingerprint density at radius 2 is 1.63 bits per heavy atom. The molecule has 1 aromatic carbocycles. The van der Waals surface area contributed by atoms with Gasteiger partial charge in [0.2, 0.25) is 0 Å². The summed E-state index contributed by atoms with van der Waals surface area (Å²) in [5.74, 6) is 1.63. The lowest BCUT2D eigenvalue weighted by Crippen LogP contribution is -2.41. The molecular weight excluding hydrogens is 230 g/mol. The summed E-state index contributed by atoms with van der Waals surface area (Å²) in [5, 5.41) is 0. The van der Waals surface area contributed by atoms with Gasteiger partial charge in [-0.25, -0.2) is 0 Å². The Labute approximate surface area is 118 Å². The van der Waals surface area contributed by atoms with Crippen LogP contribution in [0.1, 0.15) is 70.0 Å². The lowest BCUT2D eigenvalue weighted by Gasteiger charge is -2.39. The molecule has 0 bridgehead atoms. The molecule has 19 heavy (non-hydrogen) atoms. The Morgan fingerprint density at radius 1 is 1.00 bits per heavy atom. The summed E-state index contributed by atoms with van der Waals surface area (Å²) in [6, 6.07) is 9.83. The molecule has 2 fully saturated rings. The molecule has 2 aliphatic rings. The average molecular weight is 257 g/mol. The number of benzene rings is 1. The van der Waals surface area contributed by atoms with Crippen LogP contribution in [0, 0.1) is 5.92 Å². The maximum atomic E-state index is 2.72. The van der Waals surface area contributed by atoms with Crippen molar-refractivity contribution in [3.05, 3.63) is 35.4 Å². The van der Waals surface area contributed by atoms with E-state index in [2.05, 4.69) is 56.9 Å². The molecule has 1 aliphatic carbocycles. The standard InChI is InChI=1S/C18H27N/c1-13-11-12-19(18(2,3)4)17(13)16-8-6-5-7-15(16)14-9-10-14/h5-8,13-14,17H,9-12H2,1-4H3. The molecule has 0 aromatic heterocycles. The Kier molecular flexibility index (Phi) is 3.21. The summed E-state index contributed by atoms with van der Waals surface area (Å²) in [4.78, 5) is 2.72. The van der Waals surface area contributed by atoms with Gasteiger partial charge in [-0.2, -0.15) is 0 Å². The van der Waals surface area contributed by atoms with Crippen LogP contribution < -0.4 is 0 Å². The zero-order valence-corrected chi connectivity index (χ0v) is 12.8. The van der Waals surface area contributed by atoms with Gasteiger partial charge in [-0.05, 0) is 69.5 Å². The van der Waals surface area contributed by atoms with Gasteiger partial charge in [0.15, 0.2) is 0 Å². The monoisotopic (exact) mass is 257 g/mol. The quantitative estimate of drug-likeness (QED) is 0.739. The molecule has 0 N–H and O–H groups in total. The van der Waals surface area contributed by atoms with Gasteiger partial charge in [0, 0.05) is 11.6 Å². The highest BCUT2D eigenvalue weighted by atomic mass is 15.2. The average Bonchev–Trinajstić information content (AvgIpc) is 3.11. The third-order valence-electron chi connectivity index (χ3n) is 4.89. The van der Waals surface area contributed by atoms with Crippen molar-refractivity contribution < 1.29 is 0 Å². The van der Waals surface area contributed by atoms with Crippen molar-refractivity contribution in [3.8, 4) is 0 Å². The van der Waals surface area contributed by atoms with Crippen LogP contribution >= 0.6 is 0 Å². The molecule has 2 atom stereocenters. The number of rotatable bonds is 2. The number of likely N-dealkylation sites (tertiary alicyclic amines) is 1. The second-order valence-corrected chi connectivity index (χ2v) is 7.48. The van der Waals surface area contributed by atoms with Crippen molar-refractivity contribution >= 4 is 0 Å². The van der Waals surface area contributed by atoms with Crippen LogP contribution in [0.4, 0.5) is 0 Å². The molecule has 2 unspecified atom stereocenters. The fourth-order valence-electron chi connectivity index (χ4n) is 3.72. The molecule has 1 saturated carbocycles. The summed E-state index contributed by atoms with van der Waals surface area (Å²) < 4.78 is 0. The molecule has 3 rings (SSSR count). The topological polar surface area (TPSA) is 3.24 Å². The molecule has 1 aromatic rings. The smallest absolute Gasteiger partial charge is 0.0382 e. The van der Waals surface area contributed by atoms with Crippen molar-refractivity contribution in [2.24, 2.45) is 5.92 Å². The van der Waals surface area contributed by atoms with Crippen molar-refractivity contribution in [2.75, 3.05) is 6.54 Å². The maximum Gasteiger partial charge on any atom is 0.0382 e. The van der Waals surface area contributed by atoms with Gasteiger partial charge in [-0.3, -0.25) is 4.90 Å². The third-order valence-corrected chi connectivity index (χ3v) is 4.89. The minimum atomic E-state index is 0.270. The van der Waals surface area contributed by atoms with E-state index >= 15 is 0 Å². The molecule has 1 saturated heterocycles. The summed E-state index contributed by atoms with van der Waals surface area (Å²) in [6.07, 6.45) is 4.13. The molecule has 0 spiro atoms. The minimum Gasteiger partial charge on any atom is -0.291 e. The van der Waals surface area contributed by atoms with E-state index < -0.39 is 0 Å². The first kappa shape index (κ1) is 13.2. The highest BCUT2D eigenvalue weighted by Gasteiger charge is 2.40. The van der Waals surface area contributed by atoms with Crippen molar-refractivity contribution in [3.63, 3.8) is 0 Å². The minimum absolute atomic E-state index is 0.270. The van der Waals surface area contributed by atoms with E-state index in [9.17, 15) is 0 Å². The van der Waals surface area contributed by atoms with Crippen LogP contribution in [0.15, 0.2) is 24.3 Å². The summed E-state index contributed by atoms with van der Waals surface area (Å²) >= 11 is 0. The van der Waals surface area contributed by atoms with Gasteiger partial charge in [0.1, 0.15) is 0 Å². The van der Waals surface area contributed by atoms with E-state index in [0.29, 0.717) is 6.04 Å². The van der Waals surface area contributed by atoms with E-state index in [1.165, 1.54) is 25.8 Å². The van der Waals surface area contributed by atoms with E-state index in [1.807, 2.05) is 0 Å². The predicted molar refractivity (Wildman–Crippen MR) is 81.4 cm³/mol. The fourth-order valence-corrected chi connectivity index (χ4v) is 3.72. The Balaban J connectivity index is 1.99. The molecule has 104 valence electrons. The largest absolute Gasteiger partial charge is 0.291 e. The van der Waals surface area contributed by atoms with Crippen LogP contribution in [0.3, 0.4) is 0 Å². The SMILES string of the molecule is CC1CCN(C(C)(C)C)C1c1ccccc1C1CC1. The third kappa shape index (κ3) is 2.45. The zero-order chi connectivity index (χ0) is 13.6. The first-order chi connectivity index (χ1) is 8.98. The molecule has 1 aliphatic heterocycles. The van der Waals surface area contributed by atoms with Gasteiger partial charge in [0.05, 0.1) is 0 Å². The van der Waals surface area contributed by atoms with Crippen LogP contribution in [0.2, 0.25) is 0 Å². The first-order valence-electron chi connectivity index (χ1n) is 7.84. The second-order valence-electron chi connectivity index (χ2n) is 7.48. The van der Waals surface area contributed by atoms with E-state index in [4.69, 9.17) is 0 Å². The van der Waals surface area contributed by atoms with Crippen LogP contribution in [-0.4, -0.2) is 17.0 Å². The Morgan fingerprint density at radius 3 is 2.21 bits per heavy atom. The summed E-state index contributed by atoms with van der Waals surface area (Å²) in [6.45, 7) is 10.8. The van der Waals surface area contributed by atoms with Gasteiger partial charge < -0.3 is 0 Å². The van der Waals surface area contributed by atoms with E-state index in [1.54, 1.807) is 11.1 Å². The maximum absolute atomic E-state index is 2.72. The van der Waals surface area contributed by atoms with Gasteiger partial charge in [-0.1, -0.05) is 31.2 Å². The number of hydrogen-bond acceptors (Lipinski definition) is 1. The van der Waals surface area contributed by atoms with Crippen molar-refractivity contribution in [1.29, 1.82) is 0 Å². The van der Waals surface area contributed by atoms with Gasteiger partial charge in [-0.15, -0.1) is 0 Å². The number of nitrogens with zero attached hydrogens (tertiary/aromatic N) is 1. The molecule has 1 heteroatoms. The number of hydrogen-bond donors (Lipinski definition) is 0. The van der Waals surface area contributed by atoms with Gasteiger partial charge in [0.25, 0.3) is 0 Å². The van der Waals surface area contributed by atoms with E-state index in [0.717, 1.165) is 11.8 Å². The van der Waals surface area contributed by atoms with Crippen LogP contribution in [-0.2, 0) is 0 Å². The van der Waals surface area contributed by atoms with Crippen LogP contribution in [0.25, 0.3) is 0 Å². The lowest BCUT2D eigenvalue weighted by atomic mass is 9.88. The van der Waals surface area contributed by atoms with Crippen molar-refractivity contribution in [2.45, 2.75) is 64.5 Å². The molecule has 0 radical (unpaired) electrons. The fraction of sp³-hybridized carbons (Fsp3) is 0.667. The Bertz CT molecular complexity index is 453. The molecule has 1 nitrogen and oxygen atoms in total.